The first-order valence-electron chi connectivity index (χ1n) is 16.2. The van der Waals surface area contributed by atoms with Crippen LogP contribution in [-0.2, 0) is 10.0 Å². The van der Waals surface area contributed by atoms with Crippen LogP contribution in [0.3, 0.4) is 0 Å². The summed E-state index contributed by atoms with van der Waals surface area (Å²) in [6.45, 7) is 9.63. The predicted molar refractivity (Wildman–Crippen MR) is 173 cm³/mol. The Labute approximate surface area is 269 Å². The maximum Gasteiger partial charge on any atom is 0.243 e. The molecule has 4 aliphatic rings. The van der Waals surface area contributed by atoms with Gasteiger partial charge in [-0.15, -0.1) is 0 Å². The van der Waals surface area contributed by atoms with Crippen LogP contribution in [0.5, 0.6) is 5.75 Å². The molecular weight excluding hydrogens is 612 g/mol. The van der Waals surface area contributed by atoms with E-state index in [1.807, 2.05) is 18.7 Å². The van der Waals surface area contributed by atoms with Crippen molar-refractivity contribution in [2.24, 2.45) is 5.41 Å². The van der Waals surface area contributed by atoms with Crippen molar-refractivity contribution in [1.29, 1.82) is 0 Å². The zero-order chi connectivity index (χ0) is 32.1. The van der Waals surface area contributed by atoms with E-state index in [9.17, 15) is 12.8 Å². The van der Waals surface area contributed by atoms with Gasteiger partial charge in [-0.1, -0.05) is 0 Å². The van der Waals surface area contributed by atoms with E-state index in [4.69, 9.17) is 4.74 Å². The Morgan fingerprint density at radius 2 is 1.72 bits per heavy atom. The number of nitrogens with zero attached hydrogens (tertiary/aromatic N) is 5. The zero-order valence-corrected chi connectivity index (χ0v) is 27.1. The molecule has 13 heteroatoms. The second-order valence-electron chi connectivity index (χ2n) is 13.2. The Morgan fingerprint density at radius 3 is 2.41 bits per heavy atom. The summed E-state index contributed by atoms with van der Waals surface area (Å²) in [4.78, 5) is 13.1. The van der Waals surface area contributed by atoms with Gasteiger partial charge in [0.05, 0.1) is 23.3 Å². The molecule has 0 bridgehead atoms. The third kappa shape index (κ3) is 5.94. The molecule has 3 fully saturated rings. The van der Waals surface area contributed by atoms with E-state index in [0.717, 1.165) is 32.4 Å². The maximum atomic E-state index is 15.1. The molecule has 3 aliphatic heterocycles. The predicted octanol–water partition coefficient (Wildman–Crippen LogP) is 4.61. The van der Waals surface area contributed by atoms with Gasteiger partial charge < -0.3 is 20.3 Å². The van der Waals surface area contributed by atoms with E-state index in [1.54, 1.807) is 34.6 Å². The van der Waals surface area contributed by atoms with Crippen molar-refractivity contribution in [2.75, 3.05) is 62.6 Å². The summed E-state index contributed by atoms with van der Waals surface area (Å²) < 4.78 is 64.1. The molecule has 1 aliphatic carbocycles. The fourth-order valence-corrected chi connectivity index (χ4v) is 8.89. The number of anilines is 3. The highest BCUT2D eigenvalue weighted by atomic mass is 32.2. The monoisotopic (exact) mass is 653 g/mol. The number of halogens is 2. The molecule has 1 saturated carbocycles. The summed E-state index contributed by atoms with van der Waals surface area (Å²) in [7, 11) is -3.65. The van der Waals surface area contributed by atoms with E-state index in [1.165, 1.54) is 31.7 Å². The van der Waals surface area contributed by atoms with E-state index in [2.05, 4.69) is 25.5 Å². The summed E-state index contributed by atoms with van der Waals surface area (Å²) in [6, 6.07) is 9.95. The van der Waals surface area contributed by atoms with Gasteiger partial charge in [0.15, 0.2) is 17.4 Å². The Morgan fingerprint density at radius 1 is 1.00 bits per heavy atom. The summed E-state index contributed by atoms with van der Waals surface area (Å²) >= 11 is 0. The Bertz CT molecular complexity index is 1680. The van der Waals surface area contributed by atoms with Crippen LogP contribution in [0.25, 0.3) is 11.3 Å². The summed E-state index contributed by atoms with van der Waals surface area (Å²) in [5.74, 6) is -1.03. The summed E-state index contributed by atoms with van der Waals surface area (Å²) in [5.41, 5.74) is 1.79. The lowest BCUT2D eigenvalue weighted by Crippen LogP contribution is -2.59. The van der Waals surface area contributed by atoms with E-state index in [0.29, 0.717) is 49.1 Å². The van der Waals surface area contributed by atoms with E-state index in [-0.39, 0.29) is 33.9 Å². The minimum absolute atomic E-state index is 0.0559. The minimum atomic E-state index is -3.65. The topological polar surface area (TPSA) is 103 Å². The number of benzene rings is 2. The molecule has 46 heavy (non-hydrogen) atoms. The standard InChI is InChI=1S/C33H41F2N7O3S/c1-22(2)42-15-16-45-31-27(34)17-23(18-29(31)42)30-28(35)21-37-32(39-30)38-24-3-5-26(6-4-24)46(43,44)41-13-11-40(12-14-41)25-19-33(20-25)7-9-36-10-8-33/h3-6,17-18,21-22,25,36H,7-16,19-20H2,1-2H3,(H,37,38,39). The first-order valence-corrected chi connectivity index (χ1v) is 17.6. The van der Waals surface area contributed by atoms with Crippen LogP contribution in [-0.4, -0.2) is 92.1 Å². The van der Waals surface area contributed by atoms with E-state index >= 15 is 4.39 Å². The van der Waals surface area contributed by atoms with Crippen molar-refractivity contribution in [3.63, 3.8) is 0 Å². The maximum absolute atomic E-state index is 15.1. The van der Waals surface area contributed by atoms with Crippen molar-refractivity contribution in [3.05, 3.63) is 54.2 Å². The van der Waals surface area contributed by atoms with Gasteiger partial charge >= 0.3 is 0 Å². The van der Waals surface area contributed by atoms with Gasteiger partial charge in [0.2, 0.25) is 16.0 Å². The normalized spacial score (nSPS) is 20.8. The molecule has 1 spiro atoms. The van der Waals surface area contributed by atoms with Gasteiger partial charge in [0, 0.05) is 49.5 Å². The number of ether oxygens (including phenoxy) is 1. The Kier molecular flexibility index (Phi) is 8.37. The number of aromatic nitrogens is 2. The van der Waals surface area contributed by atoms with Crippen LogP contribution in [0.4, 0.5) is 26.1 Å². The number of hydrogen-bond acceptors (Lipinski definition) is 9. The number of sulfonamides is 1. The number of fused-ring (bicyclic) bond motifs is 1. The van der Waals surface area contributed by atoms with Crippen molar-refractivity contribution in [1.82, 2.24) is 24.5 Å². The van der Waals surface area contributed by atoms with Gasteiger partial charge in [0.25, 0.3) is 0 Å². The molecule has 246 valence electrons. The largest absolute Gasteiger partial charge is 0.486 e. The van der Waals surface area contributed by atoms with Crippen LogP contribution in [0.2, 0.25) is 0 Å². The highest BCUT2D eigenvalue weighted by Gasteiger charge is 2.47. The number of rotatable bonds is 7. The molecule has 3 aromatic rings. The SMILES string of the molecule is CC(C)N1CCOc2c(F)cc(-c3nc(Nc4ccc(S(=O)(=O)N5CCN(C6CC7(CCNCC7)C6)CC5)cc4)ncc3F)cc21. The molecule has 0 atom stereocenters. The number of piperidine rings is 1. The van der Waals surface area contributed by atoms with Crippen molar-refractivity contribution in [3.8, 4) is 17.0 Å². The molecule has 2 aromatic carbocycles. The lowest BCUT2D eigenvalue weighted by Gasteiger charge is -2.55. The lowest BCUT2D eigenvalue weighted by atomic mass is 9.60. The fraction of sp³-hybridized carbons (Fsp3) is 0.515. The first-order chi connectivity index (χ1) is 22.1. The van der Waals surface area contributed by atoms with E-state index < -0.39 is 21.7 Å². The third-order valence-corrected chi connectivity index (χ3v) is 12.0. The van der Waals surface area contributed by atoms with Crippen molar-refractivity contribution in [2.45, 2.75) is 56.5 Å². The molecule has 4 heterocycles. The number of piperazine rings is 1. The highest BCUT2D eigenvalue weighted by molar-refractivity contribution is 7.89. The van der Waals surface area contributed by atoms with Crippen molar-refractivity contribution < 1.29 is 21.9 Å². The van der Waals surface area contributed by atoms with Gasteiger partial charge in [-0.25, -0.2) is 27.2 Å². The summed E-state index contributed by atoms with van der Waals surface area (Å²) in [5, 5.41) is 6.48. The van der Waals surface area contributed by atoms with Gasteiger partial charge in [-0.3, -0.25) is 4.90 Å². The van der Waals surface area contributed by atoms with Gasteiger partial charge in [-0.2, -0.15) is 4.31 Å². The molecular formula is C33H41F2N7O3S. The molecule has 10 nitrogen and oxygen atoms in total. The third-order valence-electron chi connectivity index (χ3n) is 10.1. The Balaban J connectivity index is 1.01. The van der Waals surface area contributed by atoms with Crippen LogP contribution < -0.4 is 20.3 Å². The molecule has 0 unspecified atom stereocenters. The molecule has 1 aromatic heterocycles. The molecule has 7 rings (SSSR count). The second-order valence-corrected chi connectivity index (χ2v) is 15.2. The van der Waals surface area contributed by atoms with Crippen molar-refractivity contribution >= 4 is 27.3 Å². The average molecular weight is 654 g/mol. The summed E-state index contributed by atoms with van der Waals surface area (Å²) in [6.07, 6.45) is 5.99. The minimum Gasteiger partial charge on any atom is -0.486 e. The fourth-order valence-electron chi connectivity index (χ4n) is 7.47. The highest BCUT2D eigenvalue weighted by Crippen LogP contribution is 2.50. The second kappa shape index (κ2) is 12.3. The molecule has 2 N–H and O–H groups in total. The van der Waals surface area contributed by atoms with Crippen LogP contribution >= 0.6 is 0 Å². The van der Waals surface area contributed by atoms with Crippen LogP contribution in [0, 0.1) is 17.0 Å². The van der Waals surface area contributed by atoms with Crippen LogP contribution in [0.1, 0.15) is 39.5 Å². The number of hydrogen-bond donors (Lipinski definition) is 2. The average Bonchev–Trinajstić information content (AvgIpc) is 3.05. The smallest absolute Gasteiger partial charge is 0.243 e. The quantitative estimate of drug-likeness (QED) is 0.379. The van der Waals surface area contributed by atoms with Crippen LogP contribution in [0.15, 0.2) is 47.5 Å². The zero-order valence-electron chi connectivity index (χ0n) is 26.3. The molecule has 0 radical (unpaired) electrons. The first kappa shape index (κ1) is 31.2. The Hall–Kier alpha value is -3.39. The molecule has 0 amide bonds. The number of nitrogens with one attached hydrogen (secondary N) is 2. The van der Waals surface area contributed by atoms with Gasteiger partial charge in [-0.05, 0) is 94.4 Å². The molecule has 2 saturated heterocycles. The van der Waals surface area contributed by atoms with Gasteiger partial charge in [0.1, 0.15) is 12.3 Å². The lowest BCUT2D eigenvalue weighted by molar-refractivity contribution is -0.0308.